The molecule has 0 fully saturated rings. The number of hydrogen-bond donors (Lipinski definition) is 1. The van der Waals surface area contributed by atoms with Crippen LogP contribution in [0.3, 0.4) is 0 Å². The molecule has 1 N–H and O–H groups in total. The summed E-state index contributed by atoms with van der Waals surface area (Å²) in [5, 5.41) is 7.29. The Bertz CT molecular complexity index is 709. The minimum Gasteiger partial charge on any atom is -0.379 e. The molecule has 0 saturated carbocycles. The van der Waals surface area contributed by atoms with Crippen molar-refractivity contribution in [3.05, 3.63) is 55.9 Å². The topological polar surface area (TPSA) is 46.9 Å². The molecule has 1 aromatic heterocycles. The molecule has 0 amide bonds. The maximum Gasteiger partial charge on any atom is 0.282 e. The van der Waals surface area contributed by atoms with Gasteiger partial charge in [0.05, 0.1) is 11.9 Å². The highest BCUT2D eigenvalue weighted by Crippen LogP contribution is 2.23. The van der Waals surface area contributed by atoms with Gasteiger partial charge in [0.25, 0.3) is 5.56 Å². The molecular weight excluding hydrogens is 318 g/mol. The smallest absolute Gasteiger partial charge is 0.282 e. The van der Waals surface area contributed by atoms with Crippen LogP contribution in [0.15, 0.2) is 33.7 Å². The molecule has 2 aromatic rings. The molecule has 3 rings (SSSR count). The van der Waals surface area contributed by atoms with E-state index in [0.29, 0.717) is 11.0 Å². The van der Waals surface area contributed by atoms with Crippen LogP contribution in [-0.2, 0) is 26.4 Å². The van der Waals surface area contributed by atoms with E-state index in [9.17, 15) is 4.79 Å². The van der Waals surface area contributed by atoms with E-state index in [-0.39, 0.29) is 5.56 Å². The van der Waals surface area contributed by atoms with Crippen LogP contribution in [0.5, 0.6) is 0 Å². The molecule has 0 radical (unpaired) electrons. The summed E-state index contributed by atoms with van der Waals surface area (Å²) in [6.07, 6.45) is 5.31. The number of rotatable bonds is 3. The zero-order chi connectivity index (χ0) is 14.1. The second kappa shape index (κ2) is 5.40. The van der Waals surface area contributed by atoms with Gasteiger partial charge in [-0.2, -0.15) is 5.10 Å². The van der Waals surface area contributed by atoms with E-state index in [2.05, 4.69) is 44.5 Å². The van der Waals surface area contributed by atoms with Crippen LogP contribution in [0.2, 0.25) is 0 Å². The number of aromatic nitrogens is 2. The molecule has 5 heteroatoms. The molecule has 104 valence electrons. The van der Waals surface area contributed by atoms with Gasteiger partial charge in [0.2, 0.25) is 0 Å². The molecule has 1 aliphatic rings. The number of nitrogens with zero attached hydrogens (tertiary/aromatic N) is 2. The zero-order valence-corrected chi connectivity index (χ0v) is 12.9. The first-order chi connectivity index (χ1) is 9.65. The van der Waals surface area contributed by atoms with Gasteiger partial charge in [0, 0.05) is 13.6 Å². The van der Waals surface area contributed by atoms with E-state index in [1.165, 1.54) is 40.6 Å². The normalized spacial score (nSPS) is 13.3. The SMILES string of the molecule is Cn1ncc(NCc2ccc3c(c2)CCC3)c(Br)c1=O. The minimum absolute atomic E-state index is 0.135. The molecule has 1 aliphatic carbocycles. The average molecular weight is 334 g/mol. The number of fused-ring (bicyclic) bond motifs is 1. The summed E-state index contributed by atoms with van der Waals surface area (Å²) in [4.78, 5) is 11.8. The molecule has 4 nitrogen and oxygen atoms in total. The number of benzene rings is 1. The van der Waals surface area contributed by atoms with Gasteiger partial charge >= 0.3 is 0 Å². The molecule has 0 unspecified atom stereocenters. The minimum atomic E-state index is -0.135. The Balaban J connectivity index is 1.77. The lowest BCUT2D eigenvalue weighted by Gasteiger charge is -2.10. The highest BCUT2D eigenvalue weighted by atomic mass is 79.9. The second-order valence-corrected chi connectivity index (χ2v) is 5.90. The van der Waals surface area contributed by atoms with E-state index < -0.39 is 0 Å². The second-order valence-electron chi connectivity index (χ2n) is 5.11. The van der Waals surface area contributed by atoms with Crippen molar-refractivity contribution < 1.29 is 0 Å². The first-order valence-corrected chi connectivity index (χ1v) is 7.51. The molecule has 0 atom stereocenters. The van der Waals surface area contributed by atoms with Crippen LogP contribution in [-0.4, -0.2) is 9.78 Å². The van der Waals surface area contributed by atoms with Crippen molar-refractivity contribution in [1.29, 1.82) is 0 Å². The van der Waals surface area contributed by atoms with Crippen molar-refractivity contribution in [3.63, 3.8) is 0 Å². The van der Waals surface area contributed by atoms with Crippen LogP contribution in [0.25, 0.3) is 0 Å². The van der Waals surface area contributed by atoms with Crippen molar-refractivity contribution in [2.24, 2.45) is 7.05 Å². The Hall–Kier alpha value is -1.62. The lowest BCUT2D eigenvalue weighted by Crippen LogP contribution is -2.21. The predicted octanol–water partition coefficient (Wildman–Crippen LogP) is 2.64. The number of aryl methyl sites for hydroxylation is 3. The number of hydrogen-bond acceptors (Lipinski definition) is 3. The van der Waals surface area contributed by atoms with Crippen molar-refractivity contribution in [1.82, 2.24) is 9.78 Å². The molecule has 0 aliphatic heterocycles. The van der Waals surface area contributed by atoms with E-state index in [0.717, 1.165) is 5.69 Å². The van der Waals surface area contributed by atoms with Crippen LogP contribution < -0.4 is 10.9 Å². The third-order valence-corrected chi connectivity index (χ3v) is 4.49. The van der Waals surface area contributed by atoms with Crippen molar-refractivity contribution in [3.8, 4) is 0 Å². The maximum absolute atomic E-state index is 11.8. The van der Waals surface area contributed by atoms with Crippen LogP contribution in [0.4, 0.5) is 5.69 Å². The summed E-state index contributed by atoms with van der Waals surface area (Å²) in [5.74, 6) is 0. The quantitative estimate of drug-likeness (QED) is 0.939. The van der Waals surface area contributed by atoms with Crippen LogP contribution in [0, 0.1) is 0 Å². The Labute approximate surface area is 126 Å². The van der Waals surface area contributed by atoms with Crippen molar-refractivity contribution in [2.45, 2.75) is 25.8 Å². The lowest BCUT2D eigenvalue weighted by molar-refractivity contribution is 0.703. The van der Waals surface area contributed by atoms with Gasteiger partial charge in [-0.3, -0.25) is 4.79 Å². The van der Waals surface area contributed by atoms with Gasteiger partial charge in [0.1, 0.15) is 4.47 Å². The fourth-order valence-electron chi connectivity index (χ4n) is 2.57. The summed E-state index contributed by atoms with van der Waals surface area (Å²) in [6, 6.07) is 6.63. The first-order valence-electron chi connectivity index (χ1n) is 6.71. The van der Waals surface area contributed by atoms with Crippen LogP contribution in [0.1, 0.15) is 23.1 Å². The van der Waals surface area contributed by atoms with E-state index in [1.54, 1.807) is 13.2 Å². The summed E-state index contributed by atoms with van der Waals surface area (Å²) in [6.45, 7) is 0.695. The van der Waals surface area contributed by atoms with Gasteiger partial charge < -0.3 is 5.32 Å². The van der Waals surface area contributed by atoms with Crippen molar-refractivity contribution >= 4 is 21.6 Å². The maximum atomic E-state index is 11.8. The van der Waals surface area contributed by atoms with E-state index in [1.807, 2.05) is 0 Å². The van der Waals surface area contributed by atoms with Gasteiger partial charge in [-0.1, -0.05) is 18.2 Å². The molecule has 0 spiro atoms. The fraction of sp³-hybridized carbons (Fsp3) is 0.333. The van der Waals surface area contributed by atoms with Gasteiger partial charge in [-0.25, -0.2) is 4.68 Å². The Morgan fingerprint density at radius 2 is 2.15 bits per heavy atom. The molecule has 0 saturated heterocycles. The summed E-state index contributed by atoms with van der Waals surface area (Å²) < 4.78 is 1.83. The Kier molecular flexibility index (Phi) is 3.61. The molecule has 1 heterocycles. The average Bonchev–Trinajstić information content (AvgIpc) is 2.91. The third kappa shape index (κ3) is 2.50. The monoisotopic (exact) mass is 333 g/mol. The number of halogens is 1. The molecule has 20 heavy (non-hydrogen) atoms. The van der Waals surface area contributed by atoms with Crippen molar-refractivity contribution in [2.75, 3.05) is 5.32 Å². The van der Waals surface area contributed by atoms with E-state index >= 15 is 0 Å². The van der Waals surface area contributed by atoms with Gasteiger partial charge in [0.15, 0.2) is 0 Å². The Morgan fingerprint density at radius 1 is 1.35 bits per heavy atom. The molecular formula is C15H16BrN3O. The summed E-state index contributed by atoms with van der Waals surface area (Å²) >= 11 is 3.32. The third-order valence-electron chi connectivity index (χ3n) is 3.72. The standard InChI is InChI=1S/C15H16BrN3O/c1-19-15(20)14(16)13(9-18-19)17-8-10-5-6-11-3-2-4-12(11)7-10/h5-7,9,17H,2-4,8H2,1H3. The Morgan fingerprint density at radius 3 is 3.00 bits per heavy atom. The summed E-state index contributed by atoms with van der Waals surface area (Å²) in [7, 11) is 1.64. The molecule has 0 bridgehead atoms. The number of anilines is 1. The summed E-state index contributed by atoms with van der Waals surface area (Å²) in [5.41, 5.74) is 4.77. The number of nitrogens with one attached hydrogen (secondary N) is 1. The van der Waals surface area contributed by atoms with Crippen LogP contribution >= 0.6 is 15.9 Å². The first kappa shape index (κ1) is 13.4. The zero-order valence-electron chi connectivity index (χ0n) is 11.3. The highest BCUT2D eigenvalue weighted by Gasteiger charge is 2.11. The van der Waals surface area contributed by atoms with Gasteiger partial charge in [-0.15, -0.1) is 0 Å². The van der Waals surface area contributed by atoms with E-state index in [4.69, 9.17) is 0 Å². The van der Waals surface area contributed by atoms with Gasteiger partial charge in [-0.05, 0) is 51.9 Å². The highest BCUT2D eigenvalue weighted by molar-refractivity contribution is 9.10. The fourth-order valence-corrected chi connectivity index (χ4v) is 3.07. The molecule has 1 aromatic carbocycles. The largest absolute Gasteiger partial charge is 0.379 e. The lowest BCUT2D eigenvalue weighted by atomic mass is 10.1. The predicted molar refractivity (Wildman–Crippen MR) is 83.0 cm³/mol.